The van der Waals surface area contributed by atoms with E-state index in [1.54, 1.807) is 0 Å². The molecule has 1 heterocycles. The molecule has 1 fully saturated rings. The van der Waals surface area contributed by atoms with Gasteiger partial charge in [0, 0.05) is 18.8 Å². The standard InChI is InChI=1S/C21H32O4/c1-13-7-6-8-17-20(13,3)10-9-14(2)21(17,4)12-16(22)15-11-18(23)25-19(15)24-5/h7,11,14,16-17,19,22H,6,8-10,12H2,1-5H3/t14-,16-,17+,19?,20+,21+/m0/s1. The monoisotopic (exact) mass is 348 g/mol. The molecule has 140 valence electrons. The summed E-state index contributed by atoms with van der Waals surface area (Å²) in [6, 6.07) is 0. The first-order chi connectivity index (χ1) is 11.7. The summed E-state index contributed by atoms with van der Waals surface area (Å²) in [6.07, 6.45) is 7.67. The van der Waals surface area contributed by atoms with Crippen molar-refractivity contribution >= 4 is 5.97 Å². The number of hydrogen-bond donors (Lipinski definition) is 1. The number of allylic oxidation sites excluding steroid dienone is 2. The minimum atomic E-state index is -0.746. The third-order valence-electron chi connectivity index (χ3n) is 7.61. The van der Waals surface area contributed by atoms with Gasteiger partial charge in [0.2, 0.25) is 6.29 Å². The van der Waals surface area contributed by atoms with Crippen molar-refractivity contribution in [1.29, 1.82) is 0 Å². The number of aliphatic hydroxyl groups excluding tert-OH is 1. The Morgan fingerprint density at radius 1 is 1.40 bits per heavy atom. The van der Waals surface area contributed by atoms with Crippen LogP contribution in [-0.4, -0.2) is 30.6 Å². The van der Waals surface area contributed by atoms with Gasteiger partial charge in [0.05, 0.1) is 6.10 Å². The number of hydrogen-bond acceptors (Lipinski definition) is 4. The van der Waals surface area contributed by atoms with E-state index in [0.717, 1.165) is 6.42 Å². The average Bonchev–Trinajstić information content (AvgIpc) is 2.95. The maximum atomic E-state index is 11.6. The fourth-order valence-electron chi connectivity index (χ4n) is 5.64. The normalized spacial score (nSPS) is 42.3. The number of fused-ring (bicyclic) bond motifs is 1. The van der Waals surface area contributed by atoms with Gasteiger partial charge < -0.3 is 14.6 Å². The van der Waals surface area contributed by atoms with Gasteiger partial charge in [-0.2, -0.15) is 0 Å². The van der Waals surface area contributed by atoms with Crippen LogP contribution in [0.2, 0.25) is 0 Å². The van der Waals surface area contributed by atoms with Crippen LogP contribution in [0.5, 0.6) is 0 Å². The Morgan fingerprint density at radius 3 is 2.80 bits per heavy atom. The highest BCUT2D eigenvalue weighted by Crippen LogP contribution is 2.62. The van der Waals surface area contributed by atoms with Gasteiger partial charge >= 0.3 is 5.97 Å². The van der Waals surface area contributed by atoms with E-state index in [0.29, 0.717) is 23.8 Å². The van der Waals surface area contributed by atoms with E-state index in [1.165, 1.54) is 38.0 Å². The van der Waals surface area contributed by atoms with E-state index in [-0.39, 0.29) is 10.8 Å². The minimum Gasteiger partial charge on any atom is -0.428 e. The summed E-state index contributed by atoms with van der Waals surface area (Å²) in [4.78, 5) is 11.6. The molecule has 0 amide bonds. The van der Waals surface area contributed by atoms with Crippen molar-refractivity contribution < 1.29 is 19.4 Å². The molecule has 1 aliphatic heterocycles. The quantitative estimate of drug-likeness (QED) is 0.616. The van der Waals surface area contributed by atoms with Crippen molar-refractivity contribution in [2.75, 3.05) is 7.11 Å². The molecule has 0 aromatic rings. The van der Waals surface area contributed by atoms with E-state index in [2.05, 4.69) is 33.8 Å². The number of rotatable bonds is 4. The molecule has 6 atom stereocenters. The fourth-order valence-corrected chi connectivity index (χ4v) is 5.64. The first-order valence-electron chi connectivity index (χ1n) is 9.52. The molecule has 1 unspecified atom stereocenters. The molecule has 4 heteroatoms. The highest BCUT2D eigenvalue weighted by molar-refractivity contribution is 5.85. The number of ether oxygens (including phenoxy) is 2. The topological polar surface area (TPSA) is 55.8 Å². The highest BCUT2D eigenvalue weighted by atomic mass is 16.7. The Labute approximate surface area is 151 Å². The van der Waals surface area contributed by atoms with Crippen LogP contribution >= 0.6 is 0 Å². The molecule has 0 aromatic heterocycles. The highest BCUT2D eigenvalue weighted by Gasteiger charge is 2.54. The van der Waals surface area contributed by atoms with Gasteiger partial charge in [0.25, 0.3) is 0 Å². The van der Waals surface area contributed by atoms with Gasteiger partial charge in [-0.3, -0.25) is 0 Å². The fraction of sp³-hybridized carbons (Fsp3) is 0.762. The van der Waals surface area contributed by atoms with Crippen molar-refractivity contribution in [3.8, 4) is 0 Å². The Kier molecular flexibility index (Phi) is 4.89. The lowest BCUT2D eigenvalue weighted by atomic mass is 9.46. The van der Waals surface area contributed by atoms with Crippen LogP contribution in [-0.2, 0) is 14.3 Å². The molecule has 2 aliphatic carbocycles. The Balaban J connectivity index is 1.87. The zero-order valence-electron chi connectivity index (χ0n) is 16.2. The first-order valence-corrected chi connectivity index (χ1v) is 9.52. The van der Waals surface area contributed by atoms with Crippen LogP contribution in [0.4, 0.5) is 0 Å². The number of carbonyl (C=O) groups is 1. The van der Waals surface area contributed by atoms with Crippen LogP contribution in [0.1, 0.15) is 59.8 Å². The molecule has 4 nitrogen and oxygen atoms in total. The summed E-state index contributed by atoms with van der Waals surface area (Å²) in [5.74, 6) is 0.651. The average molecular weight is 348 g/mol. The summed E-state index contributed by atoms with van der Waals surface area (Å²) in [7, 11) is 1.50. The van der Waals surface area contributed by atoms with E-state index in [1.807, 2.05) is 0 Å². The second kappa shape index (κ2) is 6.55. The summed E-state index contributed by atoms with van der Waals surface area (Å²) >= 11 is 0. The maximum Gasteiger partial charge on any atom is 0.333 e. The van der Waals surface area contributed by atoms with Gasteiger partial charge in [-0.15, -0.1) is 0 Å². The number of carbonyl (C=O) groups excluding carboxylic acids is 1. The largest absolute Gasteiger partial charge is 0.428 e. The molecule has 0 radical (unpaired) electrons. The maximum absolute atomic E-state index is 11.6. The van der Waals surface area contributed by atoms with Crippen LogP contribution in [0.15, 0.2) is 23.3 Å². The van der Waals surface area contributed by atoms with E-state index < -0.39 is 18.4 Å². The zero-order valence-corrected chi connectivity index (χ0v) is 16.2. The second-order valence-corrected chi connectivity index (χ2v) is 8.75. The summed E-state index contributed by atoms with van der Waals surface area (Å²) in [6.45, 7) is 9.32. The van der Waals surface area contributed by atoms with Crippen molar-refractivity contribution in [2.24, 2.45) is 22.7 Å². The zero-order chi connectivity index (χ0) is 18.4. The second-order valence-electron chi connectivity index (χ2n) is 8.75. The summed E-state index contributed by atoms with van der Waals surface area (Å²) in [5.41, 5.74) is 2.31. The van der Waals surface area contributed by atoms with E-state index in [9.17, 15) is 9.90 Å². The Morgan fingerprint density at radius 2 is 2.12 bits per heavy atom. The number of esters is 1. The minimum absolute atomic E-state index is 0.0205. The molecule has 3 aliphatic rings. The Bertz CT molecular complexity index is 607. The Hall–Kier alpha value is -1.13. The van der Waals surface area contributed by atoms with E-state index >= 15 is 0 Å². The predicted octanol–water partition coefficient (Wildman–Crippen LogP) is 3.99. The SMILES string of the molecule is COC1OC(=O)C=C1[C@@H](O)C[C@]1(C)[C@@H](C)CC[C@]2(C)C(C)=CCC[C@@H]12. The summed E-state index contributed by atoms with van der Waals surface area (Å²) in [5, 5.41) is 10.9. The van der Waals surface area contributed by atoms with Gasteiger partial charge in [0.15, 0.2) is 0 Å². The van der Waals surface area contributed by atoms with Gasteiger partial charge in [-0.1, -0.05) is 32.4 Å². The lowest BCUT2D eigenvalue weighted by Gasteiger charge is -2.58. The first kappa shape index (κ1) is 18.7. The molecule has 0 saturated heterocycles. The molecule has 1 N–H and O–H groups in total. The third kappa shape index (κ3) is 2.97. The molecule has 0 spiro atoms. The van der Waals surface area contributed by atoms with E-state index in [4.69, 9.17) is 9.47 Å². The lowest BCUT2D eigenvalue weighted by molar-refractivity contribution is -0.156. The number of aliphatic hydroxyl groups is 1. The molecular weight excluding hydrogens is 316 g/mol. The molecular formula is C21H32O4. The van der Waals surface area contributed by atoms with Crippen LogP contribution in [0.25, 0.3) is 0 Å². The number of cyclic esters (lactones) is 1. The number of methoxy groups -OCH3 is 1. The predicted molar refractivity (Wildman–Crippen MR) is 96.7 cm³/mol. The van der Waals surface area contributed by atoms with Gasteiger partial charge in [0.1, 0.15) is 0 Å². The van der Waals surface area contributed by atoms with Crippen molar-refractivity contribution in [1.82, 2.24) is 0 Å². The molecule has 1 saturated carbocycles. The lowest BCUT2D eigenvalue weighted by Crippen LogP contribution is -2.51. The van der Waals surface area contributed by atoms with Gasteiger partial charge in [-0.25, -0.2) is 4.79 Å². The molecule has 0 aromatic carbocycles. The third-order valence-corrected chi connectivity index (χ3v) is 7.61. The van der Waals surface area contributed by atoms with Crippen molar-refractivity contribution in [3.63, 3.8) is 0 Å². The van der Waals surface area contributed by atoms with Crippen molar-refractivity contribution in [2.45, 2.75) is 72.2 Å². The van der Waals surface area contributed by atoms with Gasteiger partial charge in [-0.05, 0) is 61.7 Å². The molecule has 3 rings (SSSR count). The van der Waals surface area contributed by atoms with Crippen LogP contribution < -0.4 is 0 Å². The van der Waals surface area contributed by atoms with Crippen molar-refractivity contribution in [3.05, 3.63) is 23.3 Å². The summed E-state index contributed by atoms with van der Waals surface area (Å²) < 4.78 is 10.3. The molecule has 0 bridgehead atoms. The van der Waals surface area contributed by atoms with Crippen LogP contribution in [0, 0.1) is 22.7 Å². The smallest absolute Gasteiger partial charge is 0.333 e. The molecule has 25 heavy (non-hydrogen) atoms. The van der Waals surface area contributed by atoms with Crippen LogP contribution in [0.3, 0.4) is 0 Å².